The average molecular weight is 396 g/mol. The number of Topliss-reactive ketones (excluding diaryl/α,β-unsaturated/α-hetero) is 1. The molecule has 1 fully saturated rings. The number of thioether (sulfide) groups is 1. The van der Waals surface area contributed by atoms with Gasteiger partial charge in [-0.3, -0.25) is 4.79 Å². The summed E-state index contributed by atoms with van der Waals surface area (Å²) in [5, 5.41) is 7.87. The Morgan fingerprint density at radius 1 is 1.35 bits per heavy atom. The van der Waals surface area contributed by atoms with Crippen molar-refractivity contribution in [2.45, 2.75) is 30.2 Å². The summed E-state index contributed by atoms with van der Waals surface area (Å²) in [6.07, 6.45) is 1.08. The number of methoxy groups -OCH3 is 1. The molecule has 0 radical (unpaired) electrons. The van der Waals surface area contributed by atoms with Crippen molar-refractivity contribution in [1.29, 1.82) is 0 Å². The number of hydrogen-bond donors (Lipinski definition) is 0. The highest BCUT2D eigenvalue weighted by Crippen LogP contribution is 2.27. The second kappa shape index (κ2) is 7.79. The highest BCUT2D eigenvalue weighted by atomic mass is 32.2. The molecule has 1 aromatic heterocycles. The van der Waals surface area contributed by atoms with E-state index < -0.39 is 9.84 Å². The van der Waals surface area contributed by atoms with E-state index in [2.05, 4.69) is 10.2 Å². The Labute approximate surface area is 156 Å². The summed E-state index contributed by atoms with van der Waals surface area (Å²) in [7, 11) is -1.35. The van der Waals surface area contributed by atoms with Crippen molar-refractivity contribution in [2.24, 2.45) is 5.92 Å². The number of aromatic nitrogens is 2. The third kappa shape index (κ3) is 4.64. The quantitative estimate of drug-likeness (QED) is 0.520. The third-order valence-electron chi connectivity index (χ3n) is 4.26. The smallest absolute Gasteiger partial charge is 0.277 e. The maximum absolute atomic E-state index is 12.5. The van der Waals surface area contributed by atoms with Crippen LogP contribution in [0.25, 0.3) is 0 Å². The predicted octanol–water partition coefficient (Wildman–Crippen LogP) is 2.42. The fraction of sp³-hybridized carbons (Fsp3) is 0.471. The van der Waals surface area contributed by atoms with Gasteiger partial charge in [-0.15, -0.1) is 10.2 Å². The van der Waals surface area contributed by atoms with E-state index in [0.29, 0.717) is 35.3 Å². The van der Waals surface area contributed by atoms with Crippen molar-refractivity contribution in [3.8, 4) is 5.75 Å². The Balaban J connectivity index is 1.58. The Morgan fingerprint density at radius 2 is 2.08 bits per heavy atom. The van der Waals surface area contributed by atoms with Crippen LogP contribution in [-0.4, -0.2) is 48.3 Å². The Morgan fingerprint density at radius 3 is 2.69 bits per heavy atom. The molecule has 1 saturated heterocycles. The van der Waals surface area contributed by atoms with E-state index in [-0.39, 0.29) is 28.5 Å². The number of rotatable bonds is 7. The largest absolute Gasteiger partial charge is 0.497 e. The van der Waals surface area contributed by atoms with Gasteiger partial charge < -0.3 is 9.15 Å². The van der Waals surface area contributed by atoms with Crippen LogP contribution >= 0.6 is 11.8 Å². The molecule has 1 aliphatic heterocycles. The van der Waals surface area contributed by atoms with Gasteiger partial charge in [0, 0.05) is 12.0 Å². The van der Waals surface area contributed by atoms with E-state index in [9.17, 15) is 13.2 Å². The summed E-state index contributed by atoms with van der Waals surface area (Å²) in [5.74, 6) is 1.48. The monoisotopic (exact) mass is 396 g/mol. The molecular formula is C17H20N2O5S2. The van der Waals surface area contributed by atoms with Crippen LogP contribution in [0.3, 0.4) is 0 Å². The van der Waals surface area contributed by atoms with Gasteiger partial charge in [0.15, 0.2) is 15.6 Å². The number of ketones is 1. The lowest BCUT2D eigenvalue weighted by Crippen LogP contribution is -2.13. The van der Waals surface area contributed by atoms with E-state index >= 15 is 0 Å². The molecule has 0 unspecified atom stereocenters. The molecule has 2 aromatic rings. The van der Waals surface area contributed by atoms with Gasteiger partial charge in [-0.2, -0.15) is 0 Å². The van der Waals surface area contributed by atoms with Crippen molar-refractivity contribution in [2.75, 3.05) is 18.6 Å². The molecule has 0 aliphatic carbocycles. The fourth-order valence-corrected chi connectivity index (χ4v) is 5.48. The fourth-order valence-electron chi connectivity index (χ4n) is 2.84. The highest BCUT2D eigenvalue weighted by Gasteiger charge is 2.29. The summed E-state index contributed by atoms with van der Waals surface area (Å²) in [6, 6.07) is 6.92. The van der Waals surface area contributed by atoms with Gasteiger partial charge in [0.2, 0.25) is 5.89 Å². The van der Waals surface area contributed by atoms with Crippen LogP contribution in [0.5, 0.6) is 5.75 Å². The van der Waals surface area contributed by atoms with E-state index in [1.807, 2.05) is 0 Å². The summed E-state index contributed by atoms with van der Waals surface area (Å²) < 4.78 is 33.7. The first-order valence-corrected chi connectivity index (χ1v) is 10.9. The lowest BCUT2D eigenvalue weighted by atomic mass is 10.1. The Bertz CT molecular complexity index is 877. The van der Waals surface area contributed by atoms with E-state index in [0.717, 1.165) is 0 Å². The van der Waals surface area contributed by atoms with E-state index in [1.165, 1.54) is 11.8 Å². The minimum absolute atomic E-state index is 0.0247. The zero-order chi connectivity index (χ0) is 18.7. The first kappa shape index (κ1) is 18.9. The summed E-state index contributed by atoms with van der Waals surface area (Å²) in [5.41, 5.74) is 0.585. The molecular weight excluding hydrogens is 376 g/mol. The van der Waals surface area contributed by atoms with Crippen LogP contribution in [0.15, 0.2) is 33.9 Å². The number of sulfone groups is 1. The SMILES string of the molecule is COc1ccc(C(=O)[C@H](C)Sc2nnc(C[C@H]3CCS(=O)(=O)C3)o2)cc1. The molecule has 2 atom stereocenters. The minimum atomic E-state index is -2.92. The van der Waals surface area contributed by atoms with E-state index in [4.69, 9.17) is 9.15 Å². The second-order valence-corrected chi connectivity index (χ2v) is 9.81. The van der Waals surface area contributed by atoms with Gasteiger partial charge in [-0.05, 0) is 43.5 Å². The number of benzene rings is 1. The van der Waals surface area contributed by atoms with Gasteiger partial charge in [-0.25, -0.2) is 8.42 Å². The molecule has 0 saturated carbocycles. The molecule has 1 aromatic carbocycles. The topological polar surface area (TPSA) is 99.4 Å². The standard InChI is InChI=1S/C17H20N2O5S2/c1-11(16(20)13-3-5-14(23-2)6-4-13)25-17-19-18-15(24-17)9-12-7-8-26(21,22)10-12/h3-6,11-12H,7-10H2,1-2H3/t11-,12+/m0/s1. The maximum atomic E-state index is 12.5. The van der Waals surface area contributed by atoms with Crippen LogP contribution in [0.2, 0.25) is 0 Å². The third-order valence-corrected chi connectivity index (χ3v) is 7.03. The van der Waals surface area contributed by atoms with Crippen molar-refractivity contribution in [3.05, 3.63) is 35.7 Å². The predicted molar refractivity (Wildman–Crippen MR) is 97.4 cm³/mol. The molecule has 9 heteroatoms. The van der Waals surface area contributed by atoms with Gasteiger partial charge >= 0.3 is 0 Å². The van der Waals surface area contributed by atoms with Crippen molar-refractivity contribution in [3.63, 3.8) is 0 Å². The second-order valence-electron chi connectivity index (χ2n) is 6.29. The first-order chi connectivity index (χ1) is 12.4. The molecule has 0 amide bonds. The first-order valence-electron chi connectivity index (χ1n) is 8.24. The molecule has 0 N–H and O–H groups in total. The molecule has 140 valence electrons. The molecule has 7 nitrogen and oxygen atoms in total. The van der Waals surface area contributed by atoms with Crippen LogP contribution in [-0.2, 0) is 16.3 Å². The Kier molecular flexibility index (Phi) is 5.67. The zero-order valence-corrected chi connectivity index (χ0v) is 16.2. The summed E-state index contributed by atoms with van der Waals surface area (Å²) >= 11 is 1.20. The molecule has 1 aliphatic rings. The van der Waals surface area contributed by atoms with Gasteiger partial charge in [-0.1, -0.05) is 11.8 Å². The van der Waals surface area contributed by atoms with Gasteiger partial charge in [0.05, 0.1) is 23.9 Å². The number of carbonyl (C=O) groups excluding carboxylic acids is 1. The molecule has 26 heavy (non-hydrogen) atoms. The van der Waals surface area contributed by atoms with Crippen LogP contribution in [0.4, 0.5) is 0 Å². The molecule has 3 rings (SSSR count). The molecule has 2 heterocycles. The van der Waals surface area contributed by atoms with Crippen LogP contribution in [0, 0.1) is 5.92 Å². The highest BCUT2D eigenvalue weighted by molar-refractivity contribution is 8.00. The average Bonchev–Trinajstić information content (AvgIpc) is 3.20. The van der Waals surface area contributed by atoms with Crippen molar-refractivity contribution < 1.29 is 22.4 Å². The zero-order valence-electron chi connectivity index (χ0n) is 14.5. The number of nitrogens with zero attached hydrogens (tertiary/aromatic N) is 2. The Hall–Kier alpha value is -1.87. The lowest BCUT2D eigenvalue weighted by molar-refractivity contribution is 0.0993. The lowest BCUT2D eigenvalue weighted by Gasteiger charge is -2.08. The maximum Gasteiger partial charge on any atom is 0.277 e. The minimum Gasteiger partial charge on any atom is -0.497 e. The molecule has 0 bridgehead atoms. The van der Waals surface area contributed by atoms with Gasteiger partial charge in [0.25, 0.3) is 5.22 Å². The number of ether oxygens (including phenoxy) is 1. The number of hydrogen-bond acceptors (Lipinski definition) is 8. The van der Waals surface area contributed by atoms with Crippen LogP contribution in [0.1, 0.15) is 29.6 Å². The van der Waals surface area contributed by atoms with E-state index in [1.54, 1.807) is 38.3 Å². The van der Waals surface area contributed by atoms with Gasteiger partial charge in [0.1, 0.15) is 5.75 Å². The summed E-state index contributed by atoms with van der Waals surface area (Å²) in [4.78, 5) is 12.5. The normalized spacial score (nSPS) is 20.0. The van der Waals surface area contributed by atoms with Crippen molar-refractivity contribution >= 4 is 27.4 Å². The molecule has 0 spiro atoms. The summed E-state index contributed by atoms with van der Waals surface area (Å²) in [6.45, 7) is 1.78. The number of carbonyl (C=O) groups is 1. The van der Waals surface area contributed by atoms with Crippen LogP contribution < -0.4 is 4.74 Å². The van der Waals surface area contributed by atoms with Crippen molar-refractivity contribution in [1.82, 2.24) is 10.2 Å².